The van der Waals surface area contributed by atoms with Gasteiger partial charge in [0.1, 0.15) is 0 Å². The summed E-state index contributed by atoms with van der Waals surface area (Å²) in [5.74, 6) is 0.446. The molecule has 1 fully saturated rings. The molecule has 0 amide bonds. The zero-order valence-corrected chi connectivity index (χ0v) is 9.57. The predicted molar refractivity (Wildman–Crippen MR) is 58.0 cm³/mol. The maximum atomic E-state index is 11.1. The average Bonchev–Trinajstić information content (AvgIpc) is 2.10. The van der Waals surface area contributed by atoms with Crippen LogP contribution in [0.2, 0.25) is 0 Å². The van der Waals surface area contributed by atoms with Crippen molar-refractivity contribution in [2.24, 2.45) is 5.73 Å². The molecule has 0 unspecified atom stereocenters. The Morgan fingerprint density at radius 3 is 2.50 bits per heavy atom. The molecule has 5 heteroatoms. The van der Waals surface area contributed by atoms with Crippen LogP contribution >= 0.6 is 0 Å². The van der Waals surface area contributed by atoms with Crippen molar-refractivity contribution in [3.63, 3.8) is 0 Å². The lowest BCUT2D eigenvalue weighted by molar-refractivity contribution is 0.241. The summed E-state index contributed by atoms with van der Waals surface area (Å²) in [4.78, 5) is 0. The third-order valence-electron chi connectivity index (χ3n) is 2.86. The summed E-state index contributed by atoms with van der Waals surface area (Å²) >= 11 is 0. The number of hydrogen-bond acceptors (Lipinski definition) is 4. The van der Waals surface area contributed by atoms with E-state index in [1.54, 1.807) is 6.92 Å². The van der Waals surface area contributed by atoms with Crippen molar-refractivity contribution in [2.75, 3.05) is 24.6 Å². The highest BCUT2D eigenvalue weighted by Crippen LogP contribution is 2.27. The summed E-state index contributed by atoms with van der Waals surface area (Å²) in [6.07, 6.45) is 3.31. The molecule has 1 aliphatic rings. The minimum Gasteiger partial charge on any atom is -0.324 e. The summed E-state index contributed by atoms with van der Waals surface area (Å²) in [6.45, 7) is 2.94. The van der Waals surface area contributed by atoms with Crippen molar-refractivity contribution in [1.29, 1.82) is 0 Å². The number of rotatable bonds is 6. The molecule has 0 bridgehead atoms. The van der Waals surface area contributed by atoms with Gasteiger partial charge in [0.15, 0.2) is 9.84 Å². The van der Waals surface area contributed by atoms with Gasteiger partial charge in [-0.3, -0.25) is 0 Å². The molecule has 0 aromatic carbocycles. The Hall–Kier alpha value is -0.130. The SMILES string of the molecule is CCS(=O)(=O)CCNCC1(N)CCC1. The highest BCUT2D eigenvalue weighted by molar-refractivity contribution is 7.91. The lowest BCUT2D eigenvalue weighted by Gasteiger charge is -2.38. The van der Waals surface area contributed by atoms with E-state index in [9.17, 15) is 8.42 Å². The molecule has 0 aromatic rings. The van der Waals surface area contributed by atoms with Gasteiger partial charge in [-0.05, 0) is 19.3 Å². The van der Waals surface area contributed by atoms with Crippen LogP contribution in [0.3, 0.4) is 0 Å². The molecule has 1 aliphatic carbocycles. The fourth-order valence-corrected chi connectivity index (χ4v) is 2.26. The second-order valence-electron chi connectivity index (χ2n) is 4.13. The standard InChI is InChI=1S/C9H20N2O2S/c1-2-14(12,13)7-6-11-8-9(10)4-3-5-9/h11H,2-8,10H2,1H3. The predicted octanol–water partition coefficient (Wildman–Crippen LogP) is -0.108. The van der Waals surface area contributed by atoms with E-state index in [-0.39, 0.29) is 17.0 Å². The van der Waals surface area contributed by atoms with Gasteiger partial charge in [0.05, 0.1) is 5.75 Å². The fraction of sp³-hybridized carbons (Fsp3) is 1.00. The van der Waals surface area contributed by atoms with Crippen molar-refractivity contribution in [3.05, 3.63) is 0 Å². The smallest absolute Gasteiger partial charge is 0.151 e. The first-order valence-electron chi connectivity index (χ1n) is 5.17. The molecule has 84 valence electrons. The Bertz CT molecular complexity index is 271. The van der Waals surface area contributed by atoms with Crippen LogP contribution in [0.1, 0.15) is 26.2 Å². The van der Waals surface area contributed by atoms with Gasteiger partial charge < -0.3 is 11.1 Å². The Morgan fingerprint density at radius 1 is 1.43 bits per heavy atom. The summed E-state index contributed by atoms with van der Waals surface area (Å²) in [6, 6.07) is 0. The van der Waals surface area contributed by atoms with Gasteiger partial charge in [0.25, 0.3) is 0 Å². The molecule has 4 nitrogen and oxygen atoms in total. The highest BCUT2D eigenvalue weighted by Gasteiger charge is 2.31. The molecule has 1 saturated carbocycles. The van der Waals surface area contributed by atoms with Crippen LogP contribution in [0, 0.1) is 0 Å². The Kier molecular flexibility index (Phi) is 3.92. The summed E-state index contributed by atoms with van der Waals surface area (Å²) in [5.41, 5.74) is 5.91. The van der Waals surface area contributed by atoms with Crippen LogP contribution in [0.5, 0.6) is 0 Å². The monoisotopic (exact) mass is 220 g/mol. The van der Waals surface area contributed by atoms with Crippen LogP contribution in [-0.2, 0) is 9.84 Å². The van der Waals surface area contributed by atoms with Gasteiger partial charge in [-0.2, -0.15) is 0 Å². The minimum absolute atomic E-state index is 0.0595. The number of nitrogens with two attached hydrogens (primary N) is 1. The maximum Gasteiger partial charge on any atom is 0.151 e. The van der Waals surface area contributed by atoms with E-state index >= 15 is 0 Å². The number of hydrogen-bond donors (Lipinski definition) is 2. The molecule has 3 N–H and O–H groups in total. The van der Waals surface area contributed by atoms with E-state index in [4.69, 9.17) is 5.73 Å². The summed E-state index contributed by atoms with van der Waals surface area (Å²) in [7, 11) is -2.83. The lowest BCUT2D eigenvalue weighted by Crippen LogP contribution is -2.54. The third kappa shape index (κ3) is 3.55. The van der Waals surface area contributed by atoms with Crippen LogP contribution in [0.4, 0.5) is 0 Å². The zero-order valence-electron chi connectivity index (χ0n) is 8.75. The van der Waals surface area contributed by atoms with E-state index in [0.717, 1.165) is 19.4 Å². The Morgan fingerprint density at radius 2 is 2.07 bits per heavy atom. The molecule has 0 aromatic heterocycles. The second-order valence-corrected chi connectivity index (χ2v) is 6.60. The topological polar surface area (TPSA) is 72.2 Å². The third-order valence-corrected chi connectivity index (χ3v) is 4.56. The van der Waals surface area contributed by atoms with Gasteiger partial charge in [0.2, 0.25) is 0 Å². The van der Waals surface area contributed by atoms with Crippen molar-refractivity contribution in [1.82, 2.24) is 5.32 Å². The first-order valence-corrected chi connectivity index (χ1v) is 7.00. The first-order chi connectivity index (χ1) is 6.47. The molecule has 0 heterocycles. The van der Waals surface area contributed by atoms with E-state index in [0.29, 0.717) is 6.54 Å². The van der Waals surface area contributed by atoms with Gasteiger partial charge >= 0.3 is 0 Å². The normalized spacial score (nSPS) is 20.4. The maximum absolute atomic E-state index is 11.1. The molecular formula is C9H20N2O2S. The van der Waals surface area contributed by atoms with Gasteiger partial charge in [-0.15, -0.1) is 0 Å². The highest BCUT2D eigenvalue weighted by atomic mass is 32.2. The molecule has 0 saturated heterocycles. The van der Waals surface area contributed by atoms with Crippen molar-refractivity contribution < 1.29 is 8.42 Å². The van der Waals surface area contributed by atoms with Crippen molar-refractivity contribution in [2.45, 2.75) is 31.7 Å². The second kappa shape index (κ2) is 4.59. The quantitative estimate of drug-likeness (QED) is 0.613. The van der Waals surface area contributed by atoms with Gasteiger partial charge in [-0.1, -0.05) is 6.92 Å². The van der Waals surface area contributed by atoms with Crippen LogP contribution in [0.15, 0.2) is 0 Å². The summed E-state index contributed by atoms with van der Waals surface area (Å²) in [5, 5.41) is 3.11. The van der Waals surface area contributed by atoms with E-state index < -0.39 is 9.84 Å². The van der Waals surface area contributed by atoms with Crippen LogP contribution in [-0.4, -0.2) is 38.6 Å². The fourth-order valence-electron chi connectivity index (χ4n) is 1.52. The van der Waals surface area contributed by atoms with Crippen molar-refractivity contribution >= 4 is 9.84 Å². The molecular weight excluding hydrogens is 200 g/mol. The molecule has 0 spiro atoms. The van der Waals surface area contributed by atoms with E-state index in [1.807, 2.05) is 0 Å². The van der Waals surface area contributed by atoms with E-state index in [2.05, 4.69) is 5.32 Å². The largest absolute Gasteiger partial charge is 0.324 e. The van der Waals surface area contributed by atoms with E-state index in [1.165, 1.54) is 6.42 Å². The summed E-state index contributed by atoms with van der Waals surface area (Å²) < 4.78 is 22.3. The molecule has 0 aliphatic heterocycles. The molecule has 0 atom stereocenters. The molecule has 1 rings (SSSR count). The molecule has 0 radical (unpaired) electrons. The minimum atomic E-state index is -2.83. The average molecular weight is 220 g/mol. The first kappa shape index (κ1) is 11.9. The Labute approximate surface area is 86.2 Å². The van der Waals surface area contributed by atoms with Crippen LogP contribution < -0.4 is 11.1 Å². The molecule has 14 heavy (non-hydrogen) atoms. The van der Waals surface area contributed by atoms with Gasteiger partial charge in [-0.25, -0.2) is 8.42 Å². The van der Waals surface area contributed by atoms with Gasteiger partial charge in [0, 0.05) is 24.4 Å². The Balaban J connectivity index is 2.10. The van der Waals surface area contributed by atoms with Crippen molar-refractivity contribution in [3.8, 4) is 0 Å². The van der Waals surface area contributed by atoms with Crippen LogP contribution in [0.25, 0.3) is 0 Å². The number of nitrogens with one attached hydrogen (secondary N) is 1. The number of sulfone groups is 1. The zero-order chi connectivity index (χ0) is 10.7. The lowest BCUT2D eigenvalue weighted by atomic mass is 9.78.